The van der Waals surface area contributed by atoms with Crippen LogP contribution in [0.15, 0.2) is 18.3 Å². The average Bonchev–Trinajstić information content (AvgIpc) is 3.42. The maximum absolute atomic E-state index is 14.6. The Bertz CT molecular complexity index is 1200. The highest BCUT2D eigenvalue weighted by Crippen LogP contribution is 2.33. The molecule has 1 aliphatic carbocycles. The first-order valence-electron chi connectivity index (χ1n) is 12.2. The van der Waals surface area contributed by atoms with E-state index in [0.29, 0.717) is 43.4 Å². The van der Waals surface area contributed by atoms with E-state index in [0.717, 1.165) is 37.2 Å². The minimum Gasteiger partial charge on any atom is -0.488 e. The van der Waals surface area contributed by atoms with Crippen LogP contribution in [0, 0.1) is 11.7 Å². The second-order valence-corrected chi connectivity index (χ2v) is 9.54. The van der Waals surface area contributed by atoms with Crippen LogP contribution >= 0.6 is 12.4 Å². The van der Waals surface area contributed by atoms with Crippen molar-refractivity contribution in [2.45, 2.75) is 31.5 Å². The molecule has 1 aromatic heterocycles. The third-order valence-electron chi connectivity index (χ3n) is 6.86. The molecule has 4 aliphatic rings. The molecule has 13 heteroatoms. The summed E-state index contributed by atoms with van der Waals surface area (Å²) in [4.78, 5) is 33.7. The lowest BCUT2D eigenvalue weighted by Crippen LogP contribution is -2.50. The predicted octanol–water partition coefficient (Wildman–Crippen LogP) is 1.44. The summed E-state index contributed by atoms with van der Waals surface area (Å²) in [6.45, 7) is 3.22. The zero-order valence-electron chi connectivity index (χ0n) is 20.0. The van der Waals surface area contributed by atoms with Crippen LogP contribution in [-0.4, -0.2) is 73.5 Å². The van der Waals surface area contributed by atoms with Gasteiger partial charge in [-0.2, -0.15) is 0 Å². The molecule has 4 heterocycles. The molecule has 0 spiro atoms. The first-order chi connectivity index (χ1) is 17.5. The second-order valence-electron chi connectivity index (χ2n) is 9.54. The quantitative estimate of drug-likeness (QED) is 0.431. The summed E-state index contributed by atoms with van der Waals surface area (Å²) < 4.78 is 31.1. The number of carbonyl (C=O) groups excluding carboxylic acids is 2. The Kier molecular flexibility index (Phi) is 7.31. The number of hydrogen-bond acceptors (Lipinski definition) is 9. The van der Waals surface area contributed by atoms with Gasteiger partial charge in [0.05, 0.1) is 12.7 Å². The van der Waals surface area contributed by atoms with Crippen LogP contribution in [0.1, 0.15) is 17.5 Å². The standard InChI is InChI=1S/C24H27FN6O5.ClH/c25-19-6-16(35-17-8-27-9-17)5-14-3-13(4-18(14)19)7-26-2-1-15-11-31(24(33)36-15)20-10-28-23-22(29-20)30-21(32)12-34-23;/h5-6,10,13,15,17,26-27H,1-4,7-9,11-12H2,(H,29,30,32);1H. The van der Waals surface area contributed by atoms with Crippen molar-refractivity contribution in [3.05, 3.63) is 35.3 Å². The summed E-state index contributed by atoms with van der Waals surface area (Å²) >= 11 is 0. The first kappa shape index (κ1) is 25.4. The molecule has 198 valence electrons. The number of nitrogens with one attached hydrogen (secondary N) is 3. The van der Waals surface area contributed by atoms with Gasteiger partial charge in [-0.15, -0.1) is 12.4 Å². The summed E-state index contributed by atoms with van der Waals surface area (Å²) in [5, 5.41) is 9.16. The monoisotopic (exact) mass is 534 g/mol. The van der Waals surface area contributed by atoms with E-state index in [2.05, 4.69) is 25.9 Å². The zero-order valence-corrected chi connectivity index (χ0v) is 20.8. The van der Waals surface area contributed by atoms with Crippen LogP contribution in [0.5, 0.6) is 11.6 Å². The summed E-state index contributed by atoms with van der Waals surface area (Å²) in [7, 11) is 0. The van der Waals surface area contributed by atoms with Crippen LogP contribution in [-0.2, 0) is 22.4 Å². The zero-order chi connectivity index (χ0) is 24.6. The van der Waals surface area contributed by atoms with Gasteiger partial charge >= 0.3 is 6.09 Å². The smallest absolute Gasteiger partial charge is 0.415 e. The predicted molar refractivity (Wildman–Crippen MR) is 133 cm³/mol. The number of halogens is 2. The van der Waals surface area contributed by atoms with E-state index in [-0.39, 0.29) is 54.6 Å². The Morgan fingerprint density at radius 1 is 1.24 bits per heavy atom. The van der Waals surface area contributed by atoms with Crippen molar-refractivity contribution in [1.29, 1.82) is 0 Å². The molecule has 6 rings (SSSR count). The van der Waals surface area contributed by atoms with E-state index in [1.54, 1.807) is 0 Å². The molecule has 2 saturated heterocycles. The van der Waals surface area contributed by atoms with Crippen molar-refractivity contribution in [3.63, 3.8) is 0 Å². The molecule has 2 amide bonds. The van der Waals surface area contributed by atoms with E-state index in [4.69, 9.17) is 14.2 Å². The number of rotatable bonds is 8. The average molecular weight is 535 g/mol. The van der Waals surface area contributed by atoms with Crippen molar-refractivity contribution in [2.24, 2.45) is 5.92 Å². The Hall–Kier alpha value is -3.22. The van der Waals surface area contributed by atoms with Crippen molar-refractivity contribution in [2.75, 3.05) is 49.5 Å². The molecule has 3 N–H and O–H groups in total. The molecule has 2 atom stereocenters. The molecule has 11 nitrogen and oxygen atoms in total. The maximum Gasteiger partial charge on any atom is 0.415 e. The minimum atomic E-state index is -0.505. The van der Waals surface area contributed by atoms with Gasteiger partial charge in [0.15, 0.2) is 18.2 Å². The number of benzene rings is 1. The van der Waals surface area contributed by atoms with Gasteiger partial charge in [-0.3, -0.25) is 9.69 Å². The SMILES string of the molecule is Cl.O=C1COc2ncc(N3CC(CCNCC4Cc5cc(OC6CNC6)cc(F)c5C4)OC3=O)nc2N1. The fourth-order valence-corrected chi connectivity index (χ4v) is 4.91. The number of hydrogen-bond donors (Lipinski definition) is 3. The molecule has 0 bridgehead atoms. The van der Waals surface area contributed by atoms with E-state index in [1.165, 1.54) is 17.2 Å². The topological polar surface area (TPSA) is 127 Å². The highest BCUT2D eigenvalue weighted by Gasteiger charge is 2.34. The molecule has 1 aromatic carbocycles. The number of fused-ring (bicyclic) bond motifs is 2. The maximum atomic E-state index is 14.6. The van der Waals surface area contributed by atoms with E-state index in [1.807, 2.05) is 6.07 Å². The van der Waals surface area contributed by atoms with Gasteiger partial charge in [0.2, 0.25) is 0 Å². The van der Waals surface area contributed by atoms with Crippen LogP contribution in [0.4, 0.5) is 20.8 Å². The summed E-state index contributed by atoms with van der Waals surface area (Å²) in [6, 6.07) is 3.48. The molecule has 2 aromatic rings. The van der Waals surface area contributed by atoms with Crippen molar-refractivity contribution < 1.29 is 28.2 Å². The van der Waals surface area contributed by atoms with Crippen LogP contribution in [0.2, 0.25) is 0 Å². The van der Waals surface area contributed by atoms with Gasteiger partial charge < -0.3 is 30.2 Å². The molecule has 37 heavy (non-hydrogen) atoms. The van der Waals surface area contributed by atoms with Gasteiger partial charge in [0.1, 0.15) is 23.8 Å². The summed E-state index contributed by atoms with van der Waals surface area (Å²) in [5.41, 5.74) is 1.81. The number of anilines is 2. The lowest BCUT2D eigenvalue weighted by Gasteiger charge is -2.28. The Labute approximate surface area is 218 Å². The number of cyclic esters (lactones) is 1. The molecule has 0 radical (unpaired) electrons. The molecular formula is C24H28ClFN6O5. The third-order valence-corrected chi connectivity index (χ3v) is 6.86. The van der Waals surface area contributed by atoms with Gasteiger partial charge in [0.25, 0.3) is 11.8 Å². The van der Waals surface area contributed by atoms with Gasteiger partial charge in [-0.05, 0) is 55.5 Å². The van der Waals surface area contributed by atoms with Crippen molar-refractivity contribution in [1.82, 2.24) is 20.6 Å². The third kappa shape index (κ3) is 5.41. The fourth-order valence-electron chi connectivity index (χ4n) is 4.91. The van der Waals surface area contributed by atoms with Crippen molar-refractivity contribution in [3.8, 4) is 11.6 Å². The number of aromatic nitrogens is 2. The minimum absolute atomic E-state index is 0. The lowest BCUT2D eigenvalue weighted by atomic mass is 10.1. The molecule has 2 fully saturated rings. The van der Waals surface area contributed by atoms with Gasteiger partial charge in [0, 0.05) is 19.2 Å². The first-order valence-corrected chi connectivity index (χ1v) is 12.2. The highest BCUT2D eigenvalue weighted by atomic mass is 35.5. The molecule has 2 unspecified atom stereocenters. The highest BCUT2D eigenvalue weighted by molar-refractivity contribution is 5.94. The lowest BCUT2D eigenvalue weighted by molar-refractivity contribution is -0.118. The Balaban J connectivity index is 0.00000280. The normalized spacial score (nSPS) is 22.2. The van der Waals surface area contributed by atoms with Crippen LogP contribution in [0.25, 0.3) is 0 Å². The van der Waals surface area contributed by atoms with E-state index < -0.39 is 6.09 Å². The van der Waals surface area contributed by atoms with Crippen LogP contribution in [0.3, 0.4) is 0 Å². The van der Waals surface area contributed by atoms with E-state index in [9.17, 15) is 14.0 Å². The van der Waals surface area contributed by atoms with Crippen molar-refractivity contribution >= 4 is 36.0 Å². The molecular weight excluding hydrogens is 507 g/mol. The summed E-state index contributed by atoms with van der Waals surface area (Å²) in [6.07, 6.45) is 2.88. The van der Waals surface area contributed by atoms with Gasteiger partial charge in [-0.1, -0.05) is 0 Å². The largest absolute Gasteiger partial charge is 0.488 e. The van der Waals surface area contributed by atoms with Gasteiger partial charge in [-0.25, -0.2) is 19.2 Å². The molecule has 0 saturated carbocycles. The number of carbonyl (C=O) groups is 2. The number of amides is 2. The Morgan fingerprint density at radius 3 is 2.92 bits per heavy atom. The number of ether oxygens (including phenoxy) is 3. The fraction of sp³-hybridized carbons (Fsp3) is 0.500. The Morgan fingerprint density at radius 2 is 2.11 bits per heavy atom. The molecule has 3 aliphatic heterocycles. The van der Waals surface area contributed by atoms with Crippen LogP contribution < -0.4 is 30.3 Å². The second kappa shape index (κ2) is 10.6. The van der Waals surface area contributed by atoms with E-state index >= 15 is 0 Å². The number of nitrogens with zero attached hydrogens (tertiary/aromatic N) is 3. The summed E-state index contributed by atoms with van der Waals surface area (Å²) in [5.74, 6) is 1.11.